The second-order valence-corrected chi connectivity index (χ2v) is 7.03. The average Bonchev–Trinajstić information content (AvgIpc) is 2.92. The molecular formula is C19H14BrN3O4. The minimum absolute atomic E-state index is 0.0490. The van der Waals surface area contributed by atoms with E-state index in [9.17, 15) is 9.59 Å². The number of carbonyl (C=O) groups excluding carboxylic acids is 1. The standard InChI is InChI=1S/C19H14BrN3O4/c1-10-15-5-11(8-21-18(15)23(2)22-10)19(25)26-9-12-6-17(24)27-16-7-13(20)3-4-14(12)16/h3-8H,9H2,1-2H3. The van der Waals surface area contributed by atoms with E-state index in [1.165, 1.54) is 12.3 Å². The van der Waals surface area contributed by atoms with Crippen LogP contribution in [-0.4, -0.2) is 20.7 Å². The van der Waals surface area contributed by atoms with E-state index in [-0.39, 0.29) is 6.61 Å². The molecule has 1 aromatic carbocycles. The zero-order chi connectivity index (χ0) is 19.1. The number of halogens is 1. The van der Waals surface area contributed by atoms with Crippen molar-refractivity contribution in [3.05, 3.63) is 68.2 Å². The van der Waals surface area contributed by atoms with Gasteiger partial charge in [0.05, 0.1) is 11.3 Å². The van der Waals surface area contributed by atoms with Crippen LogP contribution in [0.5, 0.6) is 0 Å². The third-order valence-electron chi connectivity index (χ3n) is 4.25. The summed E-state index contributed by atoms with van der Waals surface area (Å²) >= 11 is 3.34. The number of esters is 1. The molecule has 3 heterocycles. The highest BCUT2D eigenvalue weighted by molar-refractivity contribution is 9.10. The van der Waals surface area contributed by atoms with Crippen LogP contribution in [-0.2, 0) is 18.4 Å². The molecule has 0 unspecified atom stereocenters. The van der Waals surface area contributed by atoms with Gasteiger partial charge in [-0.2, -0.15) is 5.10 Å². The molecule has 0 radical (unpaired) electrons. The minimum atomic E-state index is -0.522. The van der Waals surface area contributed by atoms with Gasteiger partial charge in [0.25, 0.3) is 0 Å². The highest BCUT2D eigenvalue weighted by atomic mass is 79.9. The first kappa shape index (κ1) is 17.4. The fraction of sp³-hybridized carbons (Fsp3) is 0.158. The van der Waals surface area contributed by atoms with E-state index >= 15 is 0 Å². The van der Waals surface area contributed by atoms with Gasteiger partial charge >= 0.3 is 11.6 Å². The molecule has 8 heteroatoms. The molecule has 7 nitrogen and oxygen atoms in total. The van der Waals surface area contributed by atoms with Crippen LogP contribution in [0, 0.1) is 6.92 Å². The average molecular weight is 428 g/mol. The van der Waals surface area contributed by atoms with E-state index < -0.39 is 11.6 Å². The van der Waals surface area contributed by atoms with Crippen molar-refractivity contribution >= 4 is 43.9 Å². The second kappa shape index (κ2) is 6.62. The van der Waals surface area contributed by atoms with Crippen molar-refractivity contribution in [1.29, 1.82) is 0 Å². The van der Waals surface area contributed by atoms with Gasteiger partial charge in [0.2, 0.25) is 0 Å². The van der Waals surface area contributed by atoms with E-state index in [0.29, 0.717) is 27.7 Å². The lowest BCUT2D eigenvalue weighted by Crippen LogP contribution is -2.08. The Balaban J connectivity index is 1.62. The summed E-state index contributed by atoms with van der Waals surface area (Å²) in [6.45, 7) is 1.80. The van der Waals surface area contributed by atoms with E-state index in [0.717, 1.165) is 15.6 Å². The van der Waals surface area contributed by atoms with Gasteiger partial charge in [-0.1, -0.05) is 15.9 Å². The lowest BCUT2D eigenvalue weighted by atomic mass is 10.1. The van der Waals surface area contributed by atoms with Crippen molar-refractivity contribution in [3.8, 4) is 0 Å². The molecule has 0 aliphatic heterocycles. The first-order chi connectivity index (χ1) is 12.9. The topological polar surface area (TPSA) is 87.2 Å². The first-order valence-electron chi connectivity index (χ1n) is 8.11. The fourth-order valence-electron chi connectivity index (χ4n) is 2.97. The van der Waals surface area contributed by atoms with Crippen LogP contribution in [0.15, 0.2) is 50.2 Å². The van der Waals surface area contributed by atoms with Crippen LogP contribution in [0.3, 0.4) is 0 Å². The Morgan fingerprint density at radius 1 is 1.26 bits per heavy atom. The molecule has 4 rings (SSSR count). The zero-order valence-corrected chi connectivity index (χ0v) is 16.1. The number of aryl methyl sites for hydroxylation is 2. The van der Waals surface area contributed by atoms with Crippen LogP contribution < -0.4 is 5.63 Å². The Hall–Kier alpha value is -3.00. The van der Waals surface area contributed by atoms with E-state index in [1.54, 1.807) is 29.9 Å². The minimum Gasteiger partial charge on any atom is -0.457 e. The highest BCUT2D eigenvalue weighted by Crippen LogP contribution is 2.23. The number of benzene rings is 1. The summed E-state index contributed by atoms with van der Waals surface area (Å²) in [4.78, 5) is 28.5. The molecule has 0 bridgehead atoms. The number of ether oxygens (including phenoxy) is 1. The van der Waals surface area contributed by atoms with Gasteiger partial charge in [0.1, 0.15) is 12.2 Å². The van der Waals surface area contributed by atoms with Gasteiger partial charge in [0, 0.05) is 40.1 Å². The fourth-order valence-corrected chi connectivity index (χ4v) is 3.31. The zero-order valence-electron chi connectivity index (χ0n) is 14.5. The third-order valence-corrected chi connectivity index (χ3v) is 4.74. The van der Waals surface area contributed by atoms with Crippen molar-refractivity contribution < 1.29 is 13.9 Å². The second-order valence-electron chi connectivity index (χ2n) is 6.11. The molecule has 0 fully saturated rings. The molecule has 27 heavy (non-hydrogen) atoms. The van der Waals surface area contributed by atoms with Gasteiger partial charge in [-0.15, -0.1) is 0 Å². The molecular weight excluding hydrogens is 414 g/mol. The Bertz CT molecular complexity index is 1260. The smallest absolute Gasteiger partial charge is 0.340 e. The monoisotopic (exact) mass is 427 g/mol. The molecule has 0 saturated heterocycles. The van der Waals surface area contributed by atoms with Gasteiger partial charge in [-0.25, -0.2) is 14.6 Å². The Morgan fingerprint density at radius 3 is 2.89 bits per heavy atom. The van der Waals surface area contributed by atoms with Gasteiger partial charge in [0.15, 0.2) is 5.65 Å². The quantitative estimate of drug-likeness (QED) is 0.367. The Morgan fingerprint density at radius 2 is 2.07 bits per heavy atom. The summed E-state index contributed by atoms with van der Waals surface area (Å²) < 4.78 is 13.0. The number of carbonyl (C=O) groups is 1. The lowest BCUT2D eigenvalue weighted by Gasteiger charge is -2.07. The van der Waals surface area contributed by atoms with Crippen molar-refractivity contribution in [2.75, 3.05) is 0 Å². The molecule has 3 aromatic heterocycles. The van der Waals surface area contributed by atoms with Crippen LogP contribution in [0.25, 0.3) is 22.0 Å². The predicted molar refractivity (Wildman–Crippen MR) is 103 cm³/mol. The van der Waals surface area contributed by atoms with Crippen molar-refractivity contribution in [2.24, 2.45) is 7.05 Å². The SMILES string of the molecule is Cc1nn(C)c2ncc(C(=O)OCc3cc(=O)oc4cc(Br)ccc34)cc12. The molecule has 0 aliphatic rings. The van der Waals surface area contributed by atoms with Crippen LogP contribution in [0.1, 0.15) is 21.6 Å². The van der Waals surface area contributed by atoms with E-state index in [4.69, 9.17) is 9.15 Å². The predicted octanol–water partition coefficient (Wildman–Crippen LogP) is 3.50. The van der Waals surface area contributed by atoms with Crippen LogP contribution in [0.2, 0.25) is 0 Å². The number of rotatable bonds is 3. The van der Waals surface area contributed by atoms with Crippen molar-refractivity contribution in [3.63, 3.8) is 0 Å². The summed E-state index contributed by atoms with van der Waals surface area (Å²) in [7, 11) is 1.80. The molecule has 0 atom stereocenters. The molecule has 0 aliphatic carbocycles. The molecule has 0 amide bonds. The summed E-state index contributed by atoms with van der Waals surface area (Å²) in [5, 5.41) is 5.79. The van der Waals surface area contributed by atoms with Gasteiger partial charge < -0.3 is 9.15 Å². The highest BCUT2D eigenvalue weighted by Gasteiger charge is 2.14. The summed E-state index contributed by atoms with van der Waals surface area (Å²) in [5.74, 6) is -0.522. The van der Waals surface area contributed by atoms with Crippen LogP contribution >= 0.6 is 15.9 Å². The van der Waals surface area contributed by atoms with Crippen molar-refractivity contribution in [1.82, 2.24) is 14.8 Å². The molecule has 0 spiro atoms. The maximum absolute atomic E-state index is 12.5. The summed E-state index contributed by atoms with van der Waals surface area (Å²) in [6, 6.07) is 8.37. The maximum Gasteiger partial charge on any atom is 0.340 e. The largest absolute Gasteiger partial charge is 0.457 e. The molecule has 4 aromatic rings. The van der Waals surface area contributed by atoms with Gasteiger partial charge in [-0.05, 0) is 31.2 Å². The number of pyridine rings is 1. The first-order valence-corrected chi connectivity index (χ1v) is 8.90. The molecule has 0 N–H and O–H groups in total. The normalized spacial score (nSPS) is 11.2. The Labute approximate surface area is 161 Å². The van der Waals surface area contributed by atoms with Crippen molar-refractivity contribution in [2.45, 2.75) is 13.5 Å². The van der Waals surface area contributed by atoms with Gasteiger partial charge in [-0.3, -0.25) is 4.68 Å². The number of hydrogen-bond acceptors (Lipinski definition) is 6. The Kier molecular flexibility index (Phi) is 4.27. The number of aromatic nitrogens is 3. The summed E-state index contributed by atoms with van der Waals surface area (Å²) in [6.07, 6.45) is 1.46. The number of fused-ring (bicyclic) bond motifs is 2. The van der Waals surface area contributed by atoms with E-state index in [2.05, 4.69) is 26.0 Å². The van der Waals surface area contributed by atoms with E-state index in [1.807, 2.05) is 13.0 Å². The number of hydrogen-bond donors (Lipinski definition) is 0. The lowest BCUT2D eigenvalue weighted by molar-refractivity contribution is 0.0473. The molecule has 0 saturated carbocycles. The number of nitrogens with zero attached hydrogens (tertiary/aromatic N) is 3. The molecule has 136 valence electrons. The maximum atomic E-state index is 12.5. The summed E-state index contributed by atoms with van der Waals surface area (Å²) in [5.41, 5.74) is 2.31. The van der Waals surface area contributed by atoms with Crippen LogP contribution in [0.4, 0.5) is 0 Å². The third kappa shape index (κ3) is 3.23.